The van der Waals surface area contributed by atoms with Crippen LogP contribution < -0.4 is 14.8 Å². The fraction of sp³-hybridized carbons (Fsp3) is 0.409. The summed E-state index contributed by atoms with van der Waals surface area (Å²) in [5, 5.41) is 3.03. The van der Waals surface area contributed by atoms with Crippen molar-refractivity contribution >= 4 is 6.03 Å². The van der Waals surface area contributed by atoms with E-state index in [9.17, 15) is 4.79 Å². The van der Waals surface area contributed by atoms with Crippen LogP contribution in [-0.4, -0.2) is 62.8 Å². The van der Waals surface area contributed by atoms with E-state index in [4.69, 9.17) is 9.47 Å². The molecular weight excluding hydrogens is 354 g/mol. The minimum absolute atomic E-state index is 0.00113. The van der Waals surface area contributed by atoms with Crippen molar-refractivity contribution in [3.8, 4) is 11.5 Å². The number of urea groups is 1. The zero-order valence-corrected chi connectivity index (χ0v) is 16.7. The standard InChI is InChI=1S/C22H29N3O3/c1-27-20-8-9-21(28-2)19(16-20)10-11-23-22(26)25-14-12-24(13-15-25)17-18-6-4-3-5-7-18/h3-9,16H,10-15,17H2,1-2H3,(H,23,26). The second-order valence-electron chi connectivity index (χ2n) is 6.91. The average Bonchev–Trinajstić information content (AvgIpc) is 2.74. The number of hydrogen-bond donors (Lipinski definition) is 1. The second-order valence-corrected chi connectivity index (χ2v) is 6.91. The number of piperazine rings is 1. The van der Waals surface area contributed by atoms with E-state index in [1.54, 1.807) is 14.2 Å². The molecule has 1 N–H and O–H groups in total. The summed E-state index contributed by atoms with van der Waals surface area (Å²) in [6.45, 7) is 4.79. The van der Waals surface area contributed by atoms with Crippen molar-refractivity contribution in [1.82, 2.24) is 15.1 Å². The first-order valence-electron chi connectivity index (χ1n) is 9.69. The summed E-state index contributed by atoms with van der Waals surface area (Å²) in [7, 11) is 3.30. The van der Waals surface area contributed by atoms with Crippen molar-refractivity contribution in [1.29, 1.82) is 0 Å². The van der Waals surface area contributed by atoms with Gasteiger partial charge in [0, 0.05) is 39.3 Å². The highest BCUT2D eigenvalue weighted by Gasteiger charge is 2.20. The Balaban J connectivity index is 1.42. The molecule has 6 heteroatoms. The maximum Gasteiger partial charge on any atom is 0.317 e. The number of rotatable bonds is 7. The van der Waals surface area contributed by atoms with Crippen LogP contribution in [0.25, 0.3) is 0 Å². The minimum atomic E-state index is 0.00113. The Hall–Kier alpha value is -2.73. The monoisotopic (exact) mass is 383 g/mol. The highest BCUT2D eigenvalue weighted by atomic mass is 16.5. The zero-order chi connectivity index (χ0) is 19.8. The molecule has 1 aliphatic rings. The largest absolute Gasteiger partial charge is 0.497 e. The lowest BCUT2D eigenvalue weighted by atomic mass is 10.1. The van der Waals surface area contributed by atoms with Crippen LogP contribution >= 0.6 is 0 Å². The molecule has 0 saturated carbocycles. The lowest BCUT2D eigenvalue weighted by molar-refractivity contribution is 0.135. The predicted molar refractivity (Wildman–Crippen MR) is 110 cm³/mol. The maximum atomic E-state index is 12.5. The molecule has 0 unspecified atom stereocenters. The number of benzene rings is 2. The summed E-state index contributed by atoms with van der Waals surface area (Å²) < 4.78 is 10.7. The molecule has 0 spiro atoms. The van der Waals surface area contributed by atoms with E-state index >= 15 is 0 Å². The van der Waals surface area contributed by atoms with Gasteiger partial charge in [-0.3, -0.25) is 4.90 Å². The van der Waals surface area contributed by atoms with Crippen molar-refractivity contribution in [2.45, 2.75) is 13.0 Å². The second kappa shape index (κ2) is 9.99. The highest BCUT2D eigenvalue weighted by molar-refractivity contribution is 5.74. The minimum Gasteiger partial charge on any atom is -0.497 e. The summed E-state index contributed by atoms with van der Waals surface area (Å²) in [4.78, 5) is 16.8. The molecule has 2 aromatic carbocycles. The number of amides is 2. The van der Waals surface area contributed by atoms with Gasteiger partial charge in [-0.1, -0.05) is 30.3 Å². The summed E-state index contributed by atoms with van der Waals surface area (Å²) in [5.74, 6) is 1.60. The molecule has 2 amide bonds. The number of carbonyl (C=O) groups excluding carboxylic acids is 1. The van der Waals surface area contributed by atoms with Gasteiger partial charge >= 0.3 is 6.03 Å². The number of ether oxygens (including phenoxy) is 2. The van der Waals surface area contributed by atoms with E-state index in [2.05, 4.69) is 34.5 Å². The number of hydrogen-bond acceptors (Lipinski definition) is 4. The molecule has 1 saturated heterocycles. The van der Waals surface area contributed by atoms with Crippen molar-refractivity contribution in [3.05, 3.63) is 59.7 Å². The first kappa shape index (κ1) is 20.0. The van der Waals surface area contributed by atoms with Crippen LogP contribution in [0.15, 0.2) is 48.5 Å². The molecule has 1 fully saturated rings. The summed E-state index contributed by atoms with van der Waals surface area (Å²) >= 11 is 0. The smallest absolute Gasteiger partial charge is 0.317 e. The van der Waals surface area contributed by atoms with Crippen LogP contribution in [0.5, 0.6) is 11.5 Å². The highest BCUT2D eigenvalue weighted by Crippen LogP contribution is 2.24. The molecule has 0 atom stereocenters. The number of nitrogens with zero attached hydrogens (tertiary/aromatic N) is 2. The van der Waals surface area contributed by atoms with Crippen molar-refractivity contribution < 1.29 is 14.3 Å². The van der Waals surface area contributed by atoms with Gasteiger partial charge in [0.1, 0.15) is 11.5 Å². The predicted octanol–water partition coefficient (Wildman–Crippen LogP) is 2.77. The molecule has 28 heavy (non-hydrogen) atoms. The Morgan fingerprint density at radius 1 is 1.00 bits per heavy atom. The van der Waals surface area contributed by atoms with Gasteiger partial charge in [-0.25, -0.2) is 4.79 Å². The zero-order valence-electron chi connectivity index (χ0n) is 16.7. The molecule has 2 aromatic rings. The molecule has 150 valence electrons. The molecular formula is C22H29N3O3. The lowest BCUT2D eigenvalue weighted by Crippen LogP contribution is -2.51. The van der Waals surface area contributed by atoms with Gasteiger partial charge in [-0.15, -0.1) is 0 Å². The molecule has 1 heterocycles. The third-order valence-corrected chi connectivity index (χ3v) is 5.07. The fourth-order valence-corrected chi connectivity index (χ4v) is 3.44. The third-order valence-electron chi connectivity index (χ3n) is 5.07. The van der Waals surface area contributed by atoms with Gasteiger partial charge in [-0.05, 0) is 35.7 Å². The Morgan fingerprint density at radius 3 is 2.43 bits per heavy atom. The molecule has 0 aromatic heterocycles. The summed E-state index contributed by atoms with van der Waals surface area (Å²) in [6, 6.07) is 16.2. The van der Waals surface area contributed by atoms with Crippen molar-refractivity contribution in [2.24, 2.45) is 0 Å². The Labute approximate surface area is 167 Å². The SMILES string of the molecule is COc1ccc(OC)c(CCNC(=O)N2CCN(Cc3ccccc3)CC2)c1. The molecule has 0 aliphatic carbocycles. The topological polar surface area (TPSA) is 54.0 Å². The molecule has 6 nitrogen and oxygen atoms in total. The Bertz CT molecular complexity index is 759. The van der Waals surface area contributed by atoms with Crippen LogP contribution in [0.3, 0.4) is 0 Å². The summed E-state index contributed by atoms with van der Waals surface area (Å²) in [6.07, 6.45) is 0.695. The Morgan fingerprint density at radius 2 is 1.75 bits per heavy atom. The fourth-order valence-electron chi connectivity index (χ4n) is 3.44. The van der Waals surface area contributed by atoms with E-state index in [1.807, 2.05) is 29.2 Å². The van der Waals surface area contributed by atoms with Crippen molar-refractivity contribution in [2.75, 3.05) is 46.9 Å². The van der Waals surface area contributed by atoms with E-state index in [1.165, 1.54) is 5.56 Å². The van der Waals surface area contributed by atoms with Crippen LogP contribution in [-0.2, 0) is 13.0 Å². The first-order chi connectivity index (χ1) is 13.7. The van der Waals surface area contributed by atoms with E-state index in [0.29, 0.717) is 13.0 Å². The van der Waals surface area contributed by atoms with E-state index in [0.717, 1.165) is 49.8 Å². The van der Waals surface area contributed by atoms with Crippen LogP contribution in [0, 0.1) is 0 Å². The summed E-state index contributed by atoms with van der Waals surface area (Å²) in [5.41, 5.74) is 2.34. The van der Waals surface area contributed by atoms with E-state index < -0.39 is 0 Å². The van der Waals surface area contributed by atoms with Gasteiger partial charge < -0.3 is 19.7 Å². The number of nitrogens with one attached hydrogen (secondary N) is 1. The van der Waals surface area contributed by atoms with Gasteiger partial charge in [0.25, 0.3) is 0 Å². The number of carbonyl (C=O) groups is 1. The van der Waals surface area contributed by atoms with Gasteiger partial charge in [0.2, 0.25) is 0 Å². The van der Waals surface area contributed by atoms with Crippen LogP contribution in [0.4, 0.5) is 4.79 Å². The average molecular weight is 383 g/mol. The van der Waals surface area contributed by atoms with Gasteiger partial charge in [-0.2, -0.15) is 0 Å². The Kier molecular flexibility index (Phi) is 7.14. The molecule has 3 rings (SSSR count). The normalized spacial score (nSPS) is 14.6. The molecule has 0 bridgehead atoms. The van der Waals surface area contributed by atoms with Crippen LogP contribution in [0.2, 0.25) is 0 Å². The number of methoxy groups -OCH3 is 2. The first-order valence-corrected chi connectivity index (χ1v) is 9.69. The lowest BCUT2D eigenvalue weighted by Gasteiger charge is -2.34. The molecule has 1 aliphatic heterocycles. The van der Waals surface area contributed by atoms with Gasteiger partial charge in [0.05, 0.1) is 14.2 Å². The van der Waals surface area contributed by atoms with Crippen molar-refractivity contribution in [3.63, 3.8) is 0 Å². The quantitative estimate of drug-likeness (QED) is 0.799. The van der Waals surface area contributed by atoms with Crippen LogP contribution in [0.1, 0.15) is 11.1 Å². The maximum absolute atomic E-state index is 12.5. The van der Waals surface area contributed by atoms with Gasteiger partial charge in [0.15, 0.2) is 0 Å². The molecule has 0 radical (unpaired) electrons. The third kappa shape index (κ3) is 5.39. The van der Waals surface area contributed by atoms with E-state index in [-0.39, 0.29) is 6.03 Å².